The molecule has 0 amide bonds. The standard InChI is InChI=1S/C8H8.C6H8O4.C6H6O4.C6H4O2.C6H8.C5H8O2.C5H6.C5H8.C4H4O3.C4H6O.C4H6.C3H3N.CO2/c1-7-5-3-4-6-8(7)2;2*1-9-5(7)3-4-6(8)10-2;7-5-1-2-6(8)4-3-5;1-2-4-6-5-3-1;1-3-4-5(6)7-2;1-2-4-5-3-1;1-4-5(2)3;5-3-1-2-4(6)7-3;1-3-4(2)5;1-3-4-2;1-2-3-4;2-1-3/h3-6H,1-2H2;3-4H,1-2H3;1-2H3;1-4H;1-4H,5-6H2;3-4H,1-2H3;1-4H,5H2;4H,1-2H2,3H3;1-2H2;3H,1H2,2H3;3-4H,1-2H2;2H,1H2;/b;4-3-;;;;4-3+;;;;;;;. The number of cyclic esters (lactones) is 2. The summed E-state index contributed by atoms with van der Waals surface area (Å²) in [6.45, 7) is 32.7. The van der Waals surface area contributed by atoms with Gasteiger partial charge in [0.1, 0.15) is 0 Å². The first-order valence-electron chi connectivity index (χ1n) is 23.3. The molecular formula is C63H75NO18. The van der Waals surface area contributed by atoms with Gasteiger partial charge in [0.15, 0.2) is 17.3 Å². The number of methoxy groups -OCH3 is 5. The van der Waals surface area contributed by atoms with E-state index in [2.05, 4.69) is 130 Å². The van der Waals surface area contributed by atoms with Crippen LogP contribution in [0.2, 0.25) is 0 Å². The summed E-state index contributed by atoms with van der Waals surface area (Å²) in [6, 6.07) is 9.50. The summed E-state index contributed by atoms with van der Waals surface area (Å²) in [4.78, 5) is 118. The first-order valence-corrected chi connectivity index (χ1v) is 23.3. The van der Waals surface area contributed by atoms with E-state index in [0.29, 0.717) is 0 Å². The van der Waals surface area contributed by atoms with Crippen LogP contribution in [0.15, 0.2) is 197 Å². The fourth-order valence-corrected chi connectivity index (χ4v) is 3.05. The van der Waals surface area contributed by atoms with Crippen molar-refractivity contribution in [3.63, 3.8) is 0 Å². The van der Waals surface area contributed by atoms with Gasteiger partial charge in [0.05, 0.1) is 54.5 Å². The van der Waals surface area contributed by atoms with Crippen LogP contribution >= 0.6 is 0 Å². The van der Waals surface area contributed by atoms with Gasteiger partial charge in [-0.2, -0.15) is 14.9 Å². The molecule has 0 spiro atoms. The average Bonchev–Trinajstić information content (AvgIpc) is 4.22. The Morgan fingerprint density at radius 3 is 1.02 bits per heavy atom. The molecule has 82 heavy (non-hydrogen) atoms. The summed E-state index contributed by atoms with van der Waals surface area (Å²) in [7, 11) is 6.15. The minimum absolute atomic E-state index is 0.0185. The molecule has 1 saturated heterocycles. The Labute approximate surface area is 481 Å². The van der Waals surface area contributed by atoms with Crippen LogP contribution in [0, 0.1) is 23.2 Å². The summed E-state index contributed by atoms with van der Waals surface area (Å²) < 4.78 is 25.0. The van der Waals surface area contributed by atoms with Crippen molar-refractivity contribution in [3.8, 4) is 17.9 Å². The second-order valence-corrected chi connectivity index (χ2v) is 13.5. The second kappa shape index (κ2) is 72.3. The number of carbonyl (C=O) groups is 10. The van der Waals surface area contributed by atoms with Crippen LogP contribution in [0.3, 0.4) is 0 Å². The summed E-state index contributed by atoms with van der Waals surface area (Å²) >= 11 is 0. The summed E-state index contributed by atoms with van der Waals surface area (Å²) in [6.07, 6.45) is 38.7. The Balaban J connectivity index is -0.000000122. The molecule has 0 atom stereocenters. The van der Waals surface area contributed by atoms with Gasteiger partial charge < -0.3 is 28.4 Å². The lowest BCUT2D eigenvalue weighted by Crippen LogP contribution is -2.19. The summed E-state index contributed by atoms with van der Waals surface area (Å²) in [5, 5.41) is 9.52. The van der Waals surface area contributed by atoms with Gasteiger partial charge in [-0.25, -0.2) is 24.0 Å². The van der Waals surface area contributed by atoms with Crippen molar-refractivity contribution in [1.82, 2.24) is 0 Å². The molecule has 0 N–H and O–H groups in total. The lowest BCUT2D eigenvalue weighted by molar-refractivity contribution is -0.192. The quantitative estimate of drug-likeness (QED) is 0.0300. The highest BCUT2D eigenvalue weighted by atomic mass is 16.6. The first-order chi connectivity index (χ1) is 38.9. The number of nitriles is 1. The maximum Gasteiger partial charge on any atom is 0.384 e. The number of hydrogen-bond donors (Lipinski definition) is 0. The number of ketones is 3. The van der Waals surface area contributed by atoms with E-state index in [4.69, 9.17) is 14.9 Å². The SMILES string of the molecule is C/C=C/C(=O)OC.C1=CCC=C1.C1=CCCC=C1.C=CC#N.C=CC(=C)C.C=CC(C)=O.C=CC=C.C=c1ccccc1=C.COC(=O)/C=C\C(=O)OC.COC(=O)C#CC(=O)OC.O=C1C=CC(=O)C=C1.O=C1CCC(=O)O1.O=C=O. The smallest absolute Gasteiger partial charge is 0.384 e. The molecule has 19 nitrogen and oxygen atoms in total. The van der Waals surface area contributed by atoms with Gasteiger partial charge in [-0.1, -0.05) is 155 Å². The number of allylic oxidation sites excluding steroid dienone is 19. The number of nitrogens with zero attached hydrogens (tertiary/aromatic N) is 1. The Bertz CT molecular complexity index is 2500. The molecule has 0 radical (unpaired) electrons. The van der Waals surface area contributed by atoms with Crippen LogP contribution in [0.25, 0.3) is 13.2 Å². The van der Waals surface area contributed by atoms with E-state index in [1.165, 1.54) is 97.8 Å². The average molecular weight is 1130 g/mol. The van der Waals surface area contributed by atoms with Crippen LogP contribution in [-0.2, 0) is 86.0 Å². The number of hydrogen-bond acceptors (Lipinski definition) is 19. The van der Waals surface area contributed by atoms with E-state index in [1.807, 2.05) is 43.0 Å². The van der Waals surface area contributed by atoms with Gasteiger partial charge in [-0.3, -0.25) is 24.0 Å². The van der Waals surface area contributed by atoms with Gasteiger partial charge in [-0.15, -0.1) is 0 Å². The van der Waals surface area contributed by atoms with E-state index in [0.717, 1.165) is 34.6 Å². The van der Waals surface area contributed by atoms with E-state index >= 15 is 0 Å². The van der Waals surface area contributed by atoms with Gasteiger partial charge in [0, 0.05) is 36.1 Å². The molecule has 1 aromatic rings. The van der Waals surface area contributed by atoms with Crippen LogP contribution in [-0.4, -0.2) is 101 Å². The number of rotatable bonds is 6. The molecule has 0 unspecified atom stereocenters. The van der Waals surface area contributed by atoms with Crippen molar-refractivity contribution < 1.29 is 86.0 Å². The molecule has 3 aliphatic carbocycles. The lowest BCUT2D eigenvalue weighted by atomic mass is 10.2. The third kappa shape index (κ3) is 91.9. The molecule has 19 heteroatoms. The first kappa shape index (κ1) is 87.9. The summed E-state index contributed by atoms with van der Waals surface area (Å²) in [5.74, 6) is -0.202. The molecular weight excluding hydrogens is 1060 g/mol. The zero-order valence-electron chi connectivity index (χ0n) is 47.9. The Morgan fingerprint density at radius 2 is 0.878 bits per heavy atom. The fraction of sp³-hybridized carbons (Fsp3) is 0.206. The molecule has 1 aromatic carbocycles. The van der Waals surface area contributed by atoms with Gasteiger partial charge >= 0.3 is 47.9 Å². The van der Waals surface area contributed by atoms with Crippen LogP contribution in [0.4, 0.5) is 0 Å². The molecule has 5 rings (SSSR count). The highest BCUT2D eigenvalue weighted by Gasteiger charge is 2.19. The van der Waals surface area contributed by atoms with Crippen molar-refractivity contribution in [1.29, 1.82) is 5.26 Å². The topological polar surface area (TPSA) is 284 Å². The molecule has 0 saturated carbocycles. The van der Waals surface area contributed by atoms with Gasteiger partial charge in [0.25, 0.3) is 0 Å². The van der Waals surface area contributed by atoms with Crippen molar-refractivity contribution >= 4 is 78.4 Å². The van der Waals surface area contributed by atoms with Crippen molar-refractivity contribution in [2.75, 3.05) is 35.5 Å². The van der Waals surface area contributed by atoms with Gasteiger partial charge in [0.2, 0.25) is 0 Å². The van der Waals surface area contributed by atoms with Crippen LogP contribution in [0.5, 0.6) is 0 Å². The maximum atomic E-state index is 10.3. The van der Waals surface area contributed by atoms with E-state index in [-0.39, 0.29) is 42.3 Å². The van der Waals surface area contributed by atoms with Crippen LogP contribution < -0.4 is 10.4 Å². The summed E-state index contributed by atoms with van der Waals surface area (Å²) in [5.41, 5.74) is 1.02. The van der Waals surface area contributed by atoms with Crippen molar-refractivity contribution in [2.24, 2.45) is 0 Å². The van der Waals surface area contributed by atoms with Crippen molar-refractivity contribution in [3.05, 3.63) is 207 Å². The Hall–Kier alpha value is -10.8. The largest absolute Gasteiger partial charge is 0.466 e. The molecule has 440 valence electrons. The number of carbonyl (C=O) groups excluding carboxylic acids is 12. The second-order valence-electron chi connectivity index (χ2n) is 13.5. The zero-order chi connectivity index (χ0) is 64.8. The molecule has 0 aromatic heterocycles. The van der Waals surface area contributed by atoms with Gasteiger partial charge in [-0.05, 0) is 80.9 Å². The fourth-order valence-electron chi connectivity index (χ4n) is 3.05. The third-order valence-electron chi connectivity index (χ3n) is 7.03. The normalized spacial score (nSPS) is 10.9. The Morgan fingerprint density at radius 1 is 0.573 bits per heavy atom. The molecule has 0 bridgehead atoms. The van der Waals surface area contributed by atoms with Crippen molar-refractivity contribution in [2.45, 2.75) is 52.9 Å². The Kier molecular flexibility index (Phi) is 77.5. The highest BCUT2D eigenvalue weighted by Crippen LogP contribution is 2.04. The minimum atomic E-state index is -0.759. The predicted octanol–water partition coefficient (Wildman–Crippen LogP) is 7.94. The monoisotopic (exact) mass is 1130 g/mol. The maximum absolute atomic E-state index is 10.3. The van der Waals surface area contributed by atoms with Crippen LogP contribution in [0.1, 0.15) is 52.9 Å². The number of esters is 7. The van der Waals surface area contributed by atoms with E-state index in [9.17, 15) is 47.9 Å². The number of benzene rings is 1. The number of ether oxygens (including phenoxy) is 6. The molecule has 1 heterocycles. The molecule has 4 aliphatic rings. The lowest BCUT2D eigenvalue weighted by Gasteiger charge is -1.89. The molecule has 1 fully saturated rings. The minimum Gasteiger partial charge on any atom is -0.466 e. The van der Waals surface area contributed by atoms with E-state index < -0.39 is 35.8 Å². The molecule has 1 aliphatic heterocycles. The predicted molar refractivity (Wildman–Crippen MR) is 315 cm³/mol. The van der Waals surface area contributed by atoms with E-state index in [1.54, 1.807) is 37.3 Å². The zero-order valence-corrected chi connectivity index (χ0v) is 47.9. The third-order valence-corrected chi connectivity index (χ3v) is 7.03. The highest BCUT2D eigenvalue weighted by molar-refractivity contribution is 6.14.